The number of carbonyl (C=O) groups is 2. The second-order valence-electron chi connectivity index (χ2n) is 4.96. The molecule has 0 amide bonds. The number of benzene rings is 1. The molecule has 1 aliphatic rings. The van der Waals surface area contributed by atoms with Crippen LogP contribution >= 0.6 is 0 Å². The molecule has 1 aromatic carbocycles. The first-order valence-electron chi connectivity index (χ1n) is 6.39. The van der Waals surface area contributed by atoms with Crippen LogP contribution < -0.4 is 0 Å². The first-order chi connectivity index (χ1) is 9.97. The Morgan fingerprint density at radius 1 is 1.00 bits per heavy atom. The molecule has 1 aromatic heterocycles. The number of fused-ring (bicyclic) bond motifs is 1. The Labute approximate surface area is 119 Å². The summed E-state index contributed by atoms with van der Waals surface area (Å²) in [4.78, 5) is 27.2. The summed E-state index contributed by atoms with van der Waals surface area (Å²) in [6.45, 7) is 1.56. The van der Waals surface area contributed by atoms with E-state index in [2.05, 4.69) is 4.98 Å². The molecular weight excluding hydrogens is 276 g/mol. The number of hydrogen-bond donors (Lipinski definition) is 1. The fourth-order valence-electron chi connectivity index (χ4n) is 2.49. The van der Waals surface area contributed by atoms with Gasteiger partial charge in [-0.05, 0) is 37.3 Å². The van der Waals surface area contributed by atoms with E-state index in [-0.39, 0.29) is 28.9 Å². The van der Waals surface area contributed by atoms with Gasteiger partial charge in [-0.25, -0.2) is 4.39 Å². The van der Waals surface area contributed by atoms with E-state index < -0.39 is 17.5 Å². The number of Topliss-reactive ketones (excluding diaryl/α,β-unsaturated/α-hetero) is 2. The van der Waals surface area contributed by atoms with E-state index in [0.29, 0.717) is 11.3 Å². The molecule has 1 heterocycles. The van der Waals surface area contributed by atoms with E-state index in [1.807, 2.05) is 0 Å². The second kappa shape index (κ2) is 4.77. The number of hydrogen-bond acceptors (Lipinski definition) is 2. The highest BCUT2D eigenvalue weighted by Gasteiger charge is 2.30. The number of H-pyrrole nitrogens is 1. The number of aromatic amines is 1. The fraction of sp³-hybridized carbons (Fsp3) is 0.125. The lowest BCUT2D eigenvalue weighted by atomic mass is 9.83. The zero-order valence-electron chi connectivity index (χ0n) is 11.2. The van der Waals surface area contributed by atoms with Crippen LogP contribution in [0, 0.1) is 11.8 Å². The van der Waals surface area contributed by atoms with Crippen molar-refractivity contribution in [3.8, 4) is 0 Å². The van der Waals surface area contributed by atoms with Crippen LogP contribution in [0.3, 0.4) is 0 Å². The predicted octanol–water partition coefficient (Wildman–Crippen LogP) is 3.23. The summed E-state index contributed by atoms with van der Waals surface area (Å²) < 4.78 is 26.3. The molecular formula is C16H11F2NO2. The molecule has 1 N–H and O–H groups in total. The van der Waals surface area contributed by atoms with E-state index in [1.165, 1.54) is 18.2 Å². The smallest absolute Gasteiger partial charge is 0.191 e. The van der Waals surface area contributed by atoms with Gasteiger partial charge in [0.1, 0.15) is 5.82 Å². The zero-order valence-corrected chi connectivity index (χ0v) is 11.2. The summed E-state index contributed by atoms with van der Waals surface area (Å²) in [6.07, 6.45) is 0.107. The predicted molar refractivity (Wildman–Crippen MR) is 72.2 cm³/mol. The van der Waals surface area contributed by atoms with Crippen LogP contribution in [0.15, 0.2) is 41.5 Å². The van der Waals surface area contributed by atoms with Crippen LogP contribution in [0.1, 0.15) is 33.3 Å². The molecule has 2 aromatic rings. The van der Waals surface area contributed by atoms with Crippen molar-refractivity contribution in [2.75, 3.05) is 0 Å². The highest BCUT2D eigenvalue weighted by atomic mass is 19.1. The molecule has 1 aliphatic carbocycles. The average Bonchev–Trinajstić information content (AvgIpc) is 2.86. The third-order valence-corrected chi connectivity index (χ3v) is 3.62. The van der Waals surface area contributed by atoms with Crippen LogP contribution in [-0.4, -0.2) is 16.6 Å². The molecule has 106 valence electrons. The summed E-state index contributed by atoms with van der Waals surface area (Å²) in [5, 5.41) is 0. The molecule has 0 spiro atoms. The maximum absolute atomic E-state index is 13.3. The minimum atomic E-state index is -0.570. The van der Waals surface area contributed by atoms with E-state index >= 15 is 0 Å². The van der Waals surface area contributed by atoms with Gasteiger partial charge < -0.3 is 4.98 Å². The average molecular weight is 287 g/mol. The monoisotopic (exact) mass is 287 g/mol. The molecule has 0 saturated carbocycles. The SMILES string of the molecule is CC1=C(Cc2ccc(F)[nH]2)C(=O)c2cc(F)ccc2C1=O. The van der Waals surface area contributed by atoms with Crippen molar-refractivity contribution >= 4 is 11.6 Å². The normalized spacial score (nSPS) is 14.6. The number of aromatic nitrogens is 1. The lowest BCUT2D eigenvalue weighted by Crippen LogP contribution is -2.22. The van der Waals surface area contributed by atoms with E-state index in [0.717, 1.165) is 12.1 Å². The highest BCUT2D eigenvalue weighted by Crippen LogP contribution is 2.28. The van der Waals surface area contributed by atoms with Gasteiger partial charge in [0.25, 0.3) is 0 Å². The lowest BCUT2D eigenvalue weighted by molar-refractivity contribution is 0.0972. The Morgan fingerprint density at radius 3 is 2.43 bits per heavy atom. The first-order valence-corrected chi connectivity index (χ1v) is 6.39. The molecule has 3 nitrogen and oxygen atoms in total. The van der Waals surface area contributed by atoms with Crippen molar-refractivity contribution in [2.24, 2.45) is 0 Å². The lowest BCUT2D eigenvalue weighted by Gasteiger charge is -2.18. The molecule has 0 bridgehead atoms. The van der Waals surface area contributed by atoms with Gasteiger partial charge in [0, 0.05) is 34.4 Å². The minimum Gasteiger partial charge on any atom is -0.335 e. The topological polar surface area (TPSA) is 49.9 Å². The van der Waals surface area contributed by atoms with Crippen molar-refractivity contribution < 1.29 is 18.4 Å². The van der Waals surface area contributed by atoms with Crippen molar-refractivity contribution in [3.63, 3.8) is 0 Å². The Kier molecular flexibility index (Phi) is 3.05. The number of halogens is 2. The van der Waals surface area contributed by atoms with Gasteiger partial charge in [-0.1, -0.05) is 0 Å². The Hall–Kier alpha value is -2.56. The number of carbonyl (C=O) groups excluding carboxylic acids is 2. The van der Waals surface area contributed by atoms with Crippen molar-refractivity contribution in [1.29, 1.82) is 0 Å². The number of nitrogens with one attached hydrogen (secondary N) is 1. The van der Waals surface area contributed by atoms with Crippen molar-refractivity contribution in [3.05, 3.63) is 70.1 Å². The van der Waals surface area contributed by atoms with Crippen LogP contribution in [0.2, 0.25) is 0 Å². The maximum Gasteiger partial charge on any atom is 0.191 e. The molecule has 0 fully saturated rings. The molecule has 0 aliphatic heterocycles. The van der Waals surface area contributed by atoms with Gasteiger partial charge in [-0.2, -0.15) is 4.39 Å². The zero-order chi connectivity index (χ0) is 15.1. The third-order valence-electron chi connectivity index (χ3n) is 3.62. The molecule has 0 atom stereocenters. The van der Waals surface area contributed by atoms with E-state index in [9.17, 15) is 18.4 Å². The van der Waals surface area contributed by atoms with Crippen molar-refractivity contribution in [2.45, 2.75) is 13.3 Å². The number of ketones is 2. The summed E-state index contributed by atoms with van der Waals surface area (Å²) in [6, 6.07) is 6.29. The Morgan fingerprint density at radius 2 is 1.76 bits per heavy atom. The highest BCUT2D eigenvalue weighted by molar-refractivity contribution is 6.26. The van der Waals surface area contributed by atoms with Gasteiger partial charge in [-0.15, -0.1) is 0 Å². The molecule has 0 unspecified atom stereocenters. The quantitative estimate of drug-likeness (QED) is 0.922. The van der Waals surface area contributed by atoms with E-state index in [4.69, 9.17) is 0 Å². The summed E-state index contributed by atoms with van der Waals surface area (Å²) in [5.41, 5.74) is 1.34. The van der Waals surface area contributed by atoms with Gasteiger partial charge in [0.05, 0.1) is 0 Å². The molecule has 0 saturated heterocycles. The minimum absolute atomic E-state index is 0.0626. The summed E-state index contributed by atoms with van der Waals surface area (Å²) >= 11 is 0. The Balaban J connectivity index is 2.06. The van der Waals surface area contributed by atoms with Gasteiger partial charge in [0.15, 0.2) is 17.5 Å². The third kappa shape index (κ3) is 2.20. The largest absolute Gasteiger partial charge is 0.335 e. The molecule has 0 radical (unpaired) electrons. The van der Waals surface area contributed by atoms with Crippen LogP contribution in [0.25, 0.3) is 0 Å². The van der Waals surface area contributed by atoms with Gasteiger partial charge in [0.2, 0.25) is 0 Å². The first kappa shape index (κ1) is 13.4. The van der Waals surface area contributed by atoms with Gasteiger partial charge in [-0.3, -0.25) is 9.59 Å². The number of rotatable bonds is 2. The van der Waals surface area contributed by atoms with Crippen LogP contribution in [0.5, 0.6) is 0 Å². The van der Waals surface area contributed by atoms with E-state index in [1.54, 1.807) is 6.92 Å². The van der Waals surface area contributed by atoms with Crippen molar-refractivity contribution in [1.82, 2.24) is 4.98 Å². The Bertz CT molecular complexity index is 802. The summed E-state index contributed by atoms with van der Waals surface area (Å²) in [5.74, 6) is -1.77. The second-order valence-corrected chi connectivity index (χ2v) is 4.96. The molecule has 3 rings (SSSR count). The standard InChI is InChI=1S/C16H11F2NO2/c1-8-12(7-10-3-5-14(18)19-10)16(21)13-6-9(17)2-4-11(13)15(8)20/h2-6,19H,7H2,1H3. The number of allylic oxidation sites excluding steroid dienone is 2. The van der Waals surface area contributed by atoms with Crippen LogP contribution in [0.4, 0.5) is 8.78 Å². The molecule has 5 heteroatoms. The summed E-state index contributed by atoms with van der Waals surface area (Å²) in [7, 11) is 0. The van der Waals surface area contributed by atoms with Crippen LogP contribution in [-0.2, 0) is 6.42 Å². The fourth-order valence-corrected chi connectivity index (χ4v) is 2.49. The van der Waals surface area contributed by atoms with Gasteiger partial charge >= 0.3 is 0 Å². The maximum atomic E-state index is 13.3. The molecule has 21 heavy (non-hydrogen) atoms.